The normalized spacial score (nSPS) is 17.4. The maximum atomic E-state index is 13.1. The highest BCUT2D eigenvalue weighted by Crippen LogP contribution is 2.26. The second kappa shape index (κ2) is 9.19. The summed E-state index contributed by atoms with van der Waals surface area (Å²) in [6.45, 7) is 2.96. The minimum atomic E-state index is -0.748. The van der Waals surface area contributed by atoms with Crippen LogP contribution in [0.25, 0.3) is 0 Å². The summed E-state index contributed by atoms with van der Waals surface area (Å²) >= 11 is 3.22. The second-order valence-corrected chi connectivity index (χ2v) is 7.15. The molecule has 2 aromatic carbocycles. The van der Waals surface area contributed by atoms with E-state index in [-0.39, 0.29) is 17.8 Å². The van der Waals surface area contributed by atoms with E-state index in [0.29, 0.717) is 22.5 Å². The van der Waals surface area contributed by atoms with Crippen molar-refractivity contribution in [3.8, 4) is 11.5 Å². The Morgan fingerprint density at radius 1 is 1.33 bits per heavy atom. The fourth-order valence-electron chi connectivity index (χ4n) is 2.66. The van der Waals surface area contributed by atoms with Crippen molar-refractivity contribution in [2.75, 3.05) is 18.5 Å². The van der Waals surface area contributed by atoms with Gasteiger partial charge in [0.2, 0.25) is 0 Å². The number of nitrogens with one attached hydrogen (secondary N) is 1. The molecule has 0 aromatic heterocycles. The van der Waals surface area contributed by atoms with Gasteiger partial charge in [0.25, 0.3) is 5.91 Å². The molecule has 2 unspecified atom stereocenters. The van der Waals surface area contributed by atoms with Gasteiger partial charge in [0.1, 0.15) is 23.9 Å². The van der Waals surface area contributed by atoms with Crippen molar-refractivity contribution in [3.05, 3.63) is 52.8 Å². The van der Waals surface area contributed by atoms with Crippen molar-refractivity contribution < 1.29 is 23.4 Å². The minimum Gasteiger partial charge on any atom is -0.491 e. The maximum absolute atomic E-state index is 13.1. The maximum Gasteiger partial charge on any atom is 0.265 e. The molecule has 5 nitrogen and oxygen atoms in total. The highest BCUT2D eigenvalue weighted by atomic mass is 79.9. The molecule has 0 bridgehead atoms. The Hall–Kier alpha value is -2.12. The quantitative estimate of drug-likeness (QED) is 0.689. The van der Waals surface area contributed by atoms with E-state index in [2.05, 4.69) is 21.2 Å². The van der Waals surface area contributed by atoms with E-state index < -0.39 is 6.10 Å². The highest BCUT2D eigenvalue weighted by Gasteiger charge is 2.17. The van der Waals surface area contributed by atoms with Crippen LogP contribution in [0.4, 0.5) is 10.1 Å². The molecule has 1 aliphatic heterocycles. The minimum absolute atomic E-state index is 0.160. The van der Waals surface area contributed by atoms with E-state index in [1.54, 1.807) is 31.2 Å². The summed E-state index contributed by atoms with van der Waals surface area (Å²) in [4.78, 5) is 12.3. The molecule has 0 radical (unpaired) electrons. The number of anilines is 1. The highest BCUT2D eigenvalue weighted by molar-refractivity contribution is 9.10. The number of hydrogen-bond acceptors (Lipinski definition) is 4. The lowest BCUT2D eigenvalue weighted by atomic mass is 10.2. The van der Waals surface area contributed by atoms with Gasteiger partial charge in [0.05, 0.1) is 10.6 Å². The van der Waals surface area contributed by atoms with Crippen LogP contribution in [-0.4, -0.2) is 31.3 Å². The zero-order valence-electron chi connectivity index (χ0n) is 14.9. The Balaban J connectivity index is 1.50. The smallest absolute Gasteiger partial charge is 0.265 e. The first-order valence-electron chi connectivity index (χ1n) is 8.78. The first kappa shape index (κ1) is 19.6. The van der Waals surface area contributed by atoms with Gasteiger partial charge in [-0.2, -0.15) is 0 Å². The van der Waals surface area contributed by atoms with Crippen molar-refractivity contribution >= 4 is 27.5 Å². The molecule has 1 N–H and O–H groups in total. The molecule has 1 aliphatic rings. The number of amides is 1. The average molecular weight is 438 g/mol. The molecule has 1 saturated heterocycles. The molecule has 2 atom stereocenters. The first-order chi connectivity index (χ1) is 13.0. The van der Waals surface area contributed by atoms with Crippen LogP contribution in [0.2, 0.25) is 0 Å². The summed E-state index contributed by atoms with van der Waals surface area (Å²) in [5.41, 5.74) is 0.637. The average Bonchev–Trinajstić information content (AvgIpc) is 3.17. The third-order valence-corrected chi connectivity index (χ3v) is 4.77. The number of ether oxygens (including phenoxy) is 3. The SMILES string of the molecule is CC(Oc1ccc(F)cc1Br)C(=O)Nc1ccc(OCC2CCCO2)cc1. The summed E-state index contributed by atoms with van der Waals surface area (Å²) in [6, 6.07) is 11.2. The Morgan fingerprint density at radius 3 is 2.78 bits per heavy atom. The molecule has 144 valence electrons. The lowest BCUT2D eigenvalue weighted by Gasteiger charge is -2.16. The van der Waals surface area contributed by atoms with Gasteiger partial charge in [-0.25, -0.2) is 4.39 Å². The largest absolute Gasteiger partial charge is 0.491 e. The fraction of sp³-hybridized carbons (Fsp3) is 0.350. The van der Waals surface area contributed by atoms with Crippen LogP contribution in [0, 0.1) is 5.82 Å². The molecule has 2 aromatic rings. The van der Waals surface area contributed by atoms with Crippen LogP contribution in [0.3, 0.4) is 0 Å². The number of hydrogen-bond donors (Lipinski definition) is 1. The molecular formula is C20H21BrFNO4. The van der Waals surface area contributed by atoms with Crippen LogP contribution in [-0.2, 0) is 9.53 Å². The number of rotatable bonds is 7. The van der Waals surface area contributed by atoms with Crippen LogP contribution in [0.5, 0.6) is 11.5 Å². The second-order valence-electron chi connectivity index (χ2n) is 6.29. The molecule has 0 aliphatic carbocycles. The van der Waals surface area contributed by atoms with Crippen LogP contribution >= 0.6 is 15.9 Å². The van der Waals surface area contributed by atoms with E-state index in [4.69, 9.17) is 14.2 Å². The lowest BCUT2D eigenvalue weighted by Crippen LogP contribution is -2.30. The summed E-state index contributed by atoms with van der Waals surface area (Å²) in [5, 5.41) is 2.78. The summed E-state index contributed by atoms with van der Waals surface area (Å²) in [7, 11) is 0. The molecule has 1 amide bonds. The summed E-state index contributed by atoms with van der Waals surface area (Å²) in [6.07, 6.45) is 1.51. The van der Waals surface area contributed by atoms with E-state index in [1.807, 2.05) is 0 Å². The Morgan fingerprint density at radius 2 is 2.11 bits per heavy atom. The molecule has 1 fully saturated rings. The molecule has 27 heavy (non-hydrogen) atoms. The third-order valence-electron chi connectivity index (χ3n) is 4.15. The zero-order valence-corrected chi connectivity index (χ0v) is 16.5. The van der Waals surface area contributed by atoms with Crippen molar-refractivity contribution in [1.29, 1.82) is 0 Å². The number of carbonyl (C=O) groups is 1. The Bertz CT molecular complexity index is 778. The van der Waals surface area contributed by atoms with Gasteiger partial charge in [-0.1, -0.05) is 0 Å². The van der Waals surface area contributed by atoms with Crippen molar-refractivity contribution in [2.24, 2.45) is 0 Å². The van der Waals surface area contributed by atoms with Gasteiger partial charge in [-0.3, -0.25) is 4.79 Å². The van der Waals surface area contributed by atoms with Gasteiger partial charge in [-0.15, -0.1) is 0 Å². The Kier molecular flexibility index (Phi) is 6.68. The van der Waals surface area contributed by atoms with Gasteiger partial charge in [-0.05, 0) is 78.2 Å². The molecule has 0 spiro atoms. The summed E-state index contributed by atoms with van der Waals surface area (Å²) in [5.74, 6) is 0.437. The molecular weight excluding hydrogens is 417 g/mol. The van der Waals surface area contributed by atoms with Crippen LogP contribution in [0.1, 0.15) is 19.8 Å². The number of carbonyl (C=O) groups excluding carboxylic acids is 1. The predicted molar refractivity (Wildman–Crippen MR) is 104 cm³/mol. The van der Waals surface area contributed by atoms with E-state index in [9.17, 15) is 9.18 Å². The molecule has 7 heteroatoms. The van der Waals surface area contributed by atoms with E-state index >= 15 is 0 Å². The standard InChI is InChI=1S/C20H21BrFNO4/c1-13(27-19-9-4-14(22)11-18(19)21)20(24)23-15-5-7-16(8-6-15)26-12-17-3-2-10-25-17/h4-9,11,13,17H,2-3,10,12H2,1H3,(H,23,24). The number of benzene rings is 2. The number of halogens is 2. The van der Waals surface area contributed by atoms with E-state index in [1.165, 1.54) is 18.2 Å². The zero-order chi connectivity index (χ0) is 19.2. The van der Waals surface area contributed by atoms with Gasteiger partial charge in [0, 0.05) is 12.3 Å². The summed E-state index contributed by atoms with van der Waals surface area (Å²) < 4.78 is 30.4. The monoisotopic (exact) mass is 437 g/mol. The molecule has 1 heterocycles. The molecule has 3 rings (SSSR count). The third kappa shape index (κ3) is 5.68. The van der Waals surface area contributed by atoms with Crippen LogP contribution < -0.4 is 14.8 Å². The van der Waals surface area contributed by atoms with Gasteiger partial charge >= 0.3 is 0 Å². The van der Waals surface area contributed by atoms with E-state index in [0.717, 1.165) is 25.2 Å². The topological polar surface area (TPSA) is 56.8 Å². The fourth-order valence-corrected chi connectivity index (χ4v) is 3.10. The van der Waals surface area contributed by atoms with Crippen molar-refractivity contribution in [3.63, 3.8) is 0 Å². The predicted octanol–water partition coefficient (Wildman–Crippen LogP) is 4.55. The van der Waals surface area contributed by atoms with Gasteiger partial charge < -0.3 is 19.5 Å². The molecule has 0 saturated carbocycles. The van der Waals surface area contributed by atoms with Crippen LogP contribution in [0.15, 0.2) is 46.9 Å². The van der Waals surface area contributed by atoms with Crippen molar-refractivity contribution in [1.82, 2.24) is 0 Å². The van der Waals surface area contributed by atoms with Gasteiger partial charge in [0.15, 0.2) is 6.10 Å². The van der Waals surface area contributed by atoms with Crippen molar-refractivity contribution in [2.45, 2.75) is 32.0 Å². The Labute approximate surface area is 165 Å². The lowest BCUT2D eigenvalue weighted by molar-refractivity contribution is -0.122. The first-order valence-corrected chi connectivity index (χ1v) is 9.57.